The number of benzene rings is 2. The summed E-state index contributed by atoms with van der Waals surface area (Å²) >= 11 is 0. The van der Waals surface area contributed by atoms with Crippen molar-refractivity contribution in [2.75, 3.05) is 4.90 Å². The number of aromatic nitrogens is 1. The van der Waals surface area contributed by atoms with Gasteiger partial charge in [-0.3, -0.25) is 4.98 Å². The molecule has 4 nitrogen and oxygen atoms in total. The van der Waals surface area contributed by atoms with Crippen LogP contribution in [0.25, 0.3) is 16.6 Å². The predicted molar refractivity (Wildman–Crippen MR) is 119 cm³/mol. The molecule has 0 aliphatic carbocycles. The van der Waals surface area contributed by atoms with Gasteiger partial charge in [-0.05, 0) is 49.2 Å². The topological polar surface area (TPSA) is 54.5 Å². The molecule has 0 bridgehead atoms. The highest BCUT2D eigenvalue weighted by Gasteiger charge is 2.34. The van der Waals surface area contributed by atoms with E-state index in [1.807, 2.05) is 56.0 Å². The van der Waals surface area contributed by atoms with Crippen LogP contribution < -0.4 is 10.6 Å². The zero-order valence-electron chi connectivity index (χ0n) is 17.5. The minimum Gasteiger partial charge on any atom is -0.384 e. The van der Waals surface area contributed by atoms with Gasteiger partial charge in [0.1, 0.15) is 12.0 Å². The molecule has 0 saturated carbocycles. The summed E-state index contributed by atoms with van der Waals surface area (Å²) in [6.07, 6.45) is -3.01. The van der Waals surface area contributed by atoms with Crippen LogP contribution in [0.5, 0.6) is 0 Å². The third-order valence-corrected chi connectivity index (χ3v) is 5.46. The molecule has 2 N–H and O–H groups in total. The predicted octanol–water partition coefficient (Wildman–Crippen LogP) is 5.84. The molecule has 0 spiro atoms. The number of hydrogen-bond acceptors (Lipinski definition) is 4. The molecule has 2 aromatic carbocycles. The maximum absolute atomic E-state index is 13.1. The first-order chi connectivity index (χ1) is 14.7. The molecule has 7 heteroatoms. The van der Waals surface area contributed by atoms with Crippen LogP contribution >= 0.6 is 0 Å². The van der Waals surface area contributed by atoms with E-state index in [2.05, 4.69) is 9.98 Å². The lowest BCUT2D eigenvalue weighted by molar-refractivity contribution is -0.137. The number of amidine groups is 1. The molecule has 0 radical (unpaired) electrons. The van der Waals surface area contributed by atoms with Crippen molar-refractivity contribution >= 4 is 28.1 Å². The Morgan fingerprint density at radius 1 is 1.03 bits per heavy atom. The number of aliphatic imine (C=N–C) groups is 1. The maximum atomic E-state index is 13.1. The summed E-state index contributed by atoms with van der Waals surface area (Å²) in [6.45, 7) is 5.90. The normalized spacial score (nSPS) is 17.5. The van der Waals surface area contributed by atoms with Gasteiger partial charge < -0.3 is 10.6 Å². The van der Waals surface area contributed by atoms with E-state index in [1.165, 1.54) is 12.1 Å². The van der Waals surface area contributed by atoms with Gasteiger partial charge in [-0.1, -0.05) is 32.0 Å². The van der Waals surface area contributed by atoms with Crippen LogP contribution in [0, 0.1) is 5.92 Å². The number of nitrogens with zero attached hydrogens (tertiary/aromatic N) is 3. The van der Waals surface area contributed by atoms with Gasteiger partial charge in [-0.25, -0.2) is 4.99 Å². The summed E-state index contributed by atoms with van der Waals surface area (Å²) in [6, 6.07) is 15.0. The second-order valence-electron chi connectivity index (χ2n) is 7.97. The number of fused-ring (bicyclic) bond motifs is 1. The van der Waals surface area contributed by atoms with Gasteiger partial charge in [0.2, 0.25) is 0 Å². The molecule has 1 aromatic heterocycles. The van der Waals surface area contributed by atoms with E-state index in [1.54, 1.807) is 6.20 Å². The number of rotatable bonds is 3. The summed E-state index contributed by atoms with van der Waals surface area (Å²) in [5.41, 5.74) is 9.51. The number of halogens is 3. The highest BCUT2D eigenvalue weighted by atomic mass is 19.4. The van der Waals surface area contributed by atoms with Crippen LogP contribution in [0.2, 0.25) is 0 Å². The average molecular weight is 424 g/mol. The fourth-order valence-corrected chi connectivity index (χ4v) is 3.84. The van der Waals surface area contributed by atoms with Crippen molar-refractivity contribution < 1.29 is 13.2 Å². The van der Waals surface area contributed by atoms with E-state index < -0.39 is 11.7 Å². The van der Waals surface area contributed by atoms with E-state index in [4.69, 9.17) is 5.73 Å². The minimum atomic E-state index is -4.39. The molecule has 1 aliphatic heterocycles. The Bertz CT molecular complexity index is 1180. The lowest BCUT2D eigenvalue weighted by Crippen LogP contribution is -2.42. The van der Waals surface area contributed by atoms with E-state index in [0.717, 1.165) is 39.9 Å². The molecule has 4 rings (SSSR count). The third-order valence-electron chi connectivity index (χ3n) is 5.46. The van der Waals surface area contributed by atoms with Crippen LogP contribution in [-0.2, 0) is 6.18 Å². The summed E-state index contributed by atoms with van der Waals surface area (Å²) < 4.78 is 39.3. The van der Waals surface area contributed by atoms with Crippen molar-refractivity contribution in [1.29, 1.82) is 0 Å². The van der Waals surface area contributed by atoms with Gasteiger partial charge >= 0.3 is 6.18 Å². The average Bonchev–Trinajstić information content (AvgIpc) is 2.74. The van der Waals surface area contributed by atoms with Crippen molar-refractivity contribution in [2.45, 2.75) is 33.1 Å². The van der Waals surface area contributed by atoms with E-state index >= 15 is 0 Å². The maximum Gasteiger partial charge on any atom is 0.416 e. The van der Waals surface area contributed by atoms with Gasteiger partial charge in [-0.15, -0.1) is 0 Å². The number of nitrogens with two attached hydrogens (primary N) is 1. The second kappa shape index (κ2) is 7.72. The zero-order valence-corrected chi connectivity index (χ0v) is 17.5. The zero-order chi connectivity index (χ0) is 22.3. The molecule has 0 amide bonds. The fraction of sp³-hybridized carbons (Fsp3) is 0.250. The van der Waals surface area contributed by atoms with Gasteiger partial charge in [-0.2, -0.15) is 13.2 Å². The van der Waals surface area contributed by atoms with E-state index in [-0.39, 0.29) is 12.1 Å². The lowest BCUT2D eigenvalue weighted by atomic mass is 9.97. The molecule has 2 heterocycles. The summed E-state index contributed by atoms with van der Waals surface area (Å²) in [5, 5.41) is 1.00. The van der Waals surface area contributed by atoms with Crippen molar-refractivity contribution in [1.82, 2.24) is 4.98 Å². The lowest BCUT2D eigenvalue weighted by Gasteiger charge is -2.40. The SMILES string of the molecule is CC1=C(c2ccc3cccnc3c2)N(c2ccc(C(F)(F)F)cc2)C(C(C)C)N=C1N. The number of hydrogen-bond donors (Lipinski definition) is 1. The number of anilines is 1. The van der Waals surface area contributed by atoms with Crippen LogP contribution in [0.15, 0.2) is 71.4 Å². The van der Waals surface area contributed by atoms with Crippen LogP contribution in [0.1, 0.15) is 31.9 Å². The first-order valence-electron chi connectivity index (χ1n) is 10.0. The molecule has 1 aliphatic rings. The highest BCUT2D eigenvalue weighted by molar-refractivity contribution is 6.08. The van der Waals surface area contributed by atoms with Gasteiger partial charge in [0, 0.05) is 28.4 Å². The quantitative estimate of drug-likeness (QED) is 0.574. The van der Waals surface area contributed by atoms with Gasteiger partial charge in [0.25, 0.3) is 0 Å². The molecular formula is C24H23F3N4. The summed E-state index contributed by atoms with van der Waals surface area (Å²) in [7, 11) is 0. The van der Waals surface area contributed by atoms with Crippen LogP contribution in [0.4, 0.5) is 18.9 Å². The monoisotopic (exact) mass is 424 g/mol. The molecule has 0 fully saturated rings. The highest BCUT2D eigenvalue weighted by Crippen LogP contribution is 2.38. The Labute approximate surface area is 178 Å². The minimum absolute atomic E-state index is 0.0718. The molecular weight excluding hydrogens is 401 g/mol. The summed E-state index contributed by atoms with van der Waals surface area (Å²) in [5.74, 6) is 0.500. The molecule has 1 atom stereocenters. The Morgan fingerprint density at radius 2 is 1.74 bits per heavy atom. The summed E-state index contributed by atoms with van der Waals surface area (Å²) in [4.78, 5) is 11.1. The van der Waals surface area contributed by atoms with Gasteiger partial charge in [0.05, 0.1) is 16.8 Å². The second-order valence-corrected chi connectivity index (χ2v) is 7.97. The molecule has 1 unspecified atom stereocenters. The van der Waals surface area contributed by atoms with Crippen LogP contribution in [-0.4, -0.2) is 17.0 Å². The number of alkyl halides is 3. The smallest absolute Gasteiger partial charge is 0.384 e. The Morgan fingerprint density at radius 3 is 2.39 bits per heavy atom. The largest absolute Gasteiger partial charge is 0.416 e. The van der Waals surface area contributed by atoms with Crippen molar-refractivity contribution in [3.63, 3.8) is 0 Å². The first-order valence-corrected chi connectivity index (χ1v) is 10.0. The molecule has 0 saturated heterocycles. The van der Waals surface area contributed by atoms with Gasteiger partial charge in [0.15, 0.2) is 0 Å². The molecule has 160 valence electrons. The number of pyridine rings is 1. The van der Waals surface area contributed by atoms with Crippen molar-refractivity contribution in [3.05, 3.63) is 77.5 Å². The van der Waals surface area contributed by atoms with E-state index in [9.17, 15) is 13.2 Å². The standard InChI is InChI=1S/C24H23F3N4/c1-14(2)23-30-22(28)15(3)21(17-7-6-16-5-4-12-29-20(16)13-17)31(23)19-10-8-18(9-11-19)24(25,26)27/h4-14,23H,1-3H3,(H2,28,30). The Balaban J connectivity index is 1.89. The molecule has 31 heavy (non-hydrogen) atoms. The first kappa shape index (κ1) is 20.9. The van der Waals surface area contributed by atoms with E-state index in [0.29, 0.717) is 11.5 Å². The van der Waals surface area contributed by atoms with Crippen molar-refractivity contribution in [3.8, 4) is 0 Å². The molecule has 3 aromatic rings. The van der Waals surface area contributed by atoms with Crippen LogP contribution in [0.3, 0.4) is 0 Å². The van der Waals surface area contributed by atoms with Crippen molar-refractivity contribution in [2.24, 2.45) is 16.6 Å². The fourth-order valence-electron chi connectivity index (χ4n) is 3.84. The Kier molecular flexibility index (Phi) is 5.21. The third kappa shape index (κ3) is 3.87. The Hall–Kier alpha value is -3.35.